The maximum Gasteiger partial charge on any atom is 0.137 e. The summed E-state index contributed by atoms with van der Waals surface area (Å²) in [6.07, 6.45) is 6.73. The van der Waals surface area contributed by atoms with Crippen LogP contribution >= 0.6 is 0 Å². The molecule has 1 fully saturated rings. The Morgan fingerprint density at radius 2 is 0.963 bits per heavy atom. The van der Waals surface area contributed by atoms with Crippen LogP contribution in [0.25, 0.3) is 66.1 Å². The highest BCUT2D eigenvalue weighted by Gasteiger charge is 2.20. The van der Waals surface area contributed by atoms with E-state index < -0.39 is 0 Å². The third-order valence-corrected chi connectivity index (χ3v) is 11.5. The number of para-hydroxylation sites is 1. The molecule has 2 nitrogen and oxygen atoms in total. The Labute approximate surface area is 316 Å². The molecule has 0 radical (unpaired) electrons. The normalized spacial score (nSPS) is 13.5. The molecule has 0 atom stereocenters. The third kappa shape index (κ3) is 5.85. The summed E-state index contributed by atoms with van der Waals surface area (Å²) in [5, 5.41) is 4.74. The SMILES string of the molecule is c1ccc(-c2cccc3cccc(-c4ccc(N(c5ccc(-c6ccc(C7CCCCC7)cc6)cc5)c5cccc6oc7ccccc7c56)cc4)c23)cc1. The van der Waals surface area contributed by atoms with Gasteiger partial charge in [-0.05, 0) is 111 Å². The fourth-order valence-electron chi connectivity index (χ4n) is 8.79. The van der Waals surface area contributed by atoms with Gasteiger partial charge in [-0.15, -0.1) is 0 Å². The molecule has 0 amide bonds. The van der Waals surface area contributed by atoms with E-state index in [1.54, 1.807) is 0 Å². The van der Waals surface area contributed by atoms with Crippen molar-refractivity contribution in [3.63, 3.8) is 0 Å². The zero-order chi connectivity index (χ0) is 35.8. The van der Waals surface area contributed by atoms with Gasteiger partial charge in [-0.1, -0.05) is 159 Å². The summed E-state index contributed by atoms with van der Waals surface area (Å²) < 4.78 is 6.38. The molecule has 1 aliphatic carbocycles. The van der Waals surface area contributed by atoms with Gasteiger partial charge in [-0.25, -0.2) is 0 Å². The lowest BCUT2D eigenvalue weighted by atomic mass is 9.84. The average Bonchev–Trinajstić information content (AvgIpc) is 3.64. The van der Waals surface area contributed by atoms with Gasteiger partial charge in [-0.3, -0.25) is 0 Å². The summed E-state index contributed by atoms with van der Waals surface area (Å²) in [4.78, 5) is 2.38. The molecule has 0 bridgehead atoms. The van der Waals surface area contributed by atoms with Crippen LogP contribution in [0.3, 0.4) is 0 Å². The van der Waals surface area contributed by atoms with Crippen LogP contribution in [0.4, 0.5) is 17.1 Å². The van der Waals surface area contributed by atoms with Gasteiger partial charge in [-0.2, -0.15) is 0 Å². The average molecular weight is 696 g/mol. The second-order valence-electron chi connectivity index (χ2n) is 14.7. The molecular weight excluding hydrogens is 655 g/mol. The molecule has 1 aromatic heterocycles. The number of hydrogen-bond acceptors (Lipinski definition) is 2. The van der Waals surface area contributed by atoms with Crippen molar-refractivity contribution in [1.82, 2.24) is 0 Å². The first-order valence-corrected chi connectivity index (χ1v) is 19.4. The minimum absolute atomic E-state index is 0.711. The molecule has 54 heavy (non-hydrogen) atoms. The summed E-state index contributed by atoms with van der Waals surface area (Å²) in [5.74, 6) is 0.711. The fourth-order valence-corrected chi connectivity index (χ4v) is 8.79. The smallest absolute Gasteiger partial charge is 0.137 e. The number of fused-ring (bicyclic) bond motifs is 4. The van der Waals surface area contributed by atoms with Crippen molar-refractivity contribution in [3.05, 3.63) is 188 Å². The largest absolute Gasteiger partial charge is 0.456 e. The highest BCUT2D eigenvalue weighted by molar-refractivity contribution is 6.13. The van der Waals surface area contributed by atoms with E-state index in [1.165, 1.54) is 81.8 Å². The first-order valence-electron chi connectivity index (χ1n) is 19.4. The van der Waals surface area contributed by atoms with E-state index in [0.717, 1.165) is 39.0 Å². The maximum atomic E-state index is 6.38. The van der Waals surface area contributed by atoms with Crippen LogP contribution in [0, 0.1) is 0 Å². The van der Waals surface area contributed by atoms with Crippen molar-refractivity contribution < 1.29 is 4.42 Å². The van der Waals surface area contributed by atoms with E-state index in [4.69, 9.17) is 4.42 Å². The van der Waals surface area contributed by atoms with Gasteiger partial charge in [0, 0.05) is 16.8 Å². The molecule has 260 valence electrons. The number of benzene rings is 8. The minimum Gasteiger partial charge on any atom is -0.456 e. The highest BCUT2D eigenvalue weighted by atomic mass is 16.3. The van der Waals surface area contributed by atoms with Crippen molar-refractivity contribution in [1.29, 1.82) is 0 Å². The minimum atomic E-state index is 0.711. The lowest BCUT2D eigenvalue weighted by molar-refractivity contribution is 0.443. The predicted octanol–water partition coefficient (Wildman–Crippen LogP) is 15.3. The van der Waals surface area contributed by atoms with Crippen molar-refractivity contribution in [2.45, 2.75) is 38.0 Å². The number of anilines is 3. The second kappa shape index (κ2) is 13.9. The number of nitrogens with zero attached hydrogens (tertiary/aromatic N) is 1. The predicted molar refractivity (Wildman–Crippen MR) is 228 cm³/mol. The van der Waals surface area contributed by atoms with Crippen LogP contribution < -0.4 is 4.90 Å². The highest BCUT2D eigenvalue weighted by Crippen LogP contribution is 2.44. The van der Waals surface area contributed by atoms with E-state index in [1.807, 2.05) is 6.07 Å². The Kier molecular flexibility index (Phi) is 8.30. The summed E-state index contributed by atoms with van der Waals surface area (Å²) >= 11 is 0. The molecule has 1 heterocycles. The topological polar surface area (TPSA) is 16.4 Å². The molecule has 0 unspecified atom stereocenters. The van der Waals surface area contributed by atoms with E-state index in [2.05, 4.69) is 181 Å². The maximum absolute atomic E-state index is 6.38. The van der Waals surface area contributed by atoms with Gasteiger partial charge in [0.05, 0.1) is 11.1 Å². The van der Waals surface area contributed by atoms with Crippen molar-refractivity contribution in [2.75, 3.05) is 4.90 Å². The van der Waals surface area contributed by atoms with Gasteiger partial charge in [0.2, 0.25) is 0 Å². The summed E-state index contributed by atoms with van der Waals surface area (Å²) in [6, 6.07) is 66.2. The molecule has 10 rings (SSSR count). The van der Waals surface area contributed by atoms with Crippen LogP contribution in [-0.2, 0) is 0 Å². The quantitative estimate of drug-likeness (QED) is 0.165. The summed E-state index contributed by atoms with van der Waals surface area (Å²) in [7, 11) is 0. The first-order chi connectivity index (χ1) is 26.8. The van der Waals surface area contributed by atoms with Gasteiger partial charge in [0.25, 0.3) is 0 Å². The number of rotatable bonds is 7. The first kappa shape index (κ1) is 32.3. The van der Waals surface area contributed by atoms with Crippen LogP contribution in [0.1, 0.15) is 43.6 Å². The van der Waals surface area contributed by atoms with E-state index in [0.29, 0.717) is 5.92 Å². The Hall–Kier alpha value is -6.38. The van der Waals surface area contributed by atoms with Gasteiger partial charge >= 0.3 is 0 Å². The Morgan fingerprint density at radius 1 is 0.407 bits per heavy atom. The van der Waals surface area contributed by atoms with Gasteiger partial charge < -0.3 is 9.32 Å². The molecule has 1 saturated carbocycles. The molecule has 0 N–H and O–H groups in total. The standard InChI is InChI=1S/C52H41NO/c1-3-12-36(13-4-1)37-24-26-38(27-25-37)39-28-32-43(33-29-39)53(48-21-11-23-50-52(48)47-18-7-8-22-49(47)54-50)44-34-30-41(31-35-44)46-20-10-17-42-16-9-19-45(51(42)46)40-14-5-2-6-15-40/h2,5-11,14-36H,1,3-4,12-13H2. The van der Waals surface area contributed by atoms with Crippen LogP contribution in [0.5, 0.6) is 0 Å². The second-order valence-corrected chi connectivity index (χ2v) is 14.7. The van der Waals surface area contributed by atoms with Gasteiger partial charge in [0.1, 0.15) is 11.2 Å². The Morgan fingerprint density at radius 3 is 1.65 bits per heavy atom. The molecule has 9 aromatic rings. The zero-order valence-electron chi connectivity index (χ0n) is 30.3. The van der Waals surface area contributed by atoms with Crippen molar-refractivity contribution in [2.24, 2.45) is 0 Å². The van der Waals surface area contributed by atoms with Crippen LogP contribution in [0.2, 0.25) is 0 Å². The van der Waals surface area contributed by atoms with E-state index >= 15 is 0 Å². The van der Waals surface area contributed by atoms with E-state index in [9.17, 15) is 0 Å². The molecule has 8 aromatic carbocycles. The molecule has 0 saturated heterocycles. The Bertz CT molecular complexity index is 2710. The lowest BCUT2D eigenvalue weighted by Gasteiger charge is -2.27. The molecule has 1 aliphatic rings. The van der Waals surface area contributed by atoms with Crippen molar-refractivity contribution in [3.8, 4) is 33.4 Å². The summed E-state index contributed by atoms with van der Waals surface area (Å²) in [5.41, 5.74) is 13.9. The third-order valence-electron chi connectivity index (χ3n) is 11.5. The molecule has 0 aliphatic heterocycles. The molecular formula is C52H41NO. The van der Waals surface area contributed by atoms with Crippen molar-refractivity contribution >= 4 is 49.8 Å². The molecule has 2 heteroatoms. The number of hydrogen-bond donors (Lipinski definition) is 0. The van der Waals surface area contributed by atoms with Gasteiger partial charge in [0.15, 0.2) is 0 Å². The monoisotopic (exact) mass is 695 g/mol. The molecule has 0 spiro atoms. The zero-order valence-corrected chi connectivity index (χ0v) is 30.3. The number of furan rings is 1. The van der Waals surface area contributed by atoms with E-state index in [-0.39, 0.29) is 0 Å². The fraction of sp³-hybridized carbons (Fsp3) is 0.115. The Balaban J connectivity index is 1.07. The van der Waals surface area contributed by atoms with Crippen LogP contribution in [0.15, 0.2) is 186 Å². The summed E-state index contributed by atoms with van der Waals surface area (Å²) in [6.45, 7) is 0. The lowest BCUT2D eigenvalue weighted by Crippen LogP contribution is -2.10. The van der Waals surface area contributed by atoms with Crippen LogP contribution in [-0.4, -0.2) is 0 Å².